The van der Waals surface area contributed by atoms with Gasteiger partial charge in [0.2, 0.25) is 0 Å². The van der Waals surface area contributed by atoms with Crippen molar-refractivity contribution in [3.63, 3.8) is 0 Å². The molecule has 1 N–H and O–H groups in total. The minimum absolute atomic E-state index is 0. The number of aliphatic carboxylic acids is 1. The van der Waals surface area contributed by atoms with Crippen molar-refractivity contribution < 1.29 is 19.5 Å². The average Bonchev–Trinajstić information content (AvgIpc) is 3.00. The Balaban J connectivity index is 0.00000441. The summed E-state index contributed by atoms with van der Waals surface area (Å²) < 4.78 is 0. The summed E-state index contributed by atoms with van der Waals surface area (Å²) in [6.07, 6.45) is 0.861. The van der Waals surface area contributed by atoms with Crippen molar-refractivity contribution in [3.8, 4) is 11.8 Å². The van der Waals surface area contributed by atoms with Gasteiger partial charge in [0, 0.05) is 28.6 Å². The third-order valence-electron chi connectivity index (χ3n) is 6.78. The number of carboxylic acid groups (broad SMARTS) is 1. The van der Waals surface area contributed by atoms with E-state index in [4.69, 9.17) is 28.3 Å². The van der Waals surface area contributed by atoms with E-state index in [2.05, 4.69) is 11.8 Å². The number of anilines is 1. The molecule has 0 saturated carbocycles. The Bertz CT molecular complexity index is 1450. The van der Waals surface area contributed by atoms with Crippen LogP contribution in [-0.4, -0.2) is 63.9 Å². The number of amides is 2. The second-order valence-electron chi connectivity index (χ2n) is 9.34. The first-order valence-electron chi connectivity index (χ1n) is 12.6. The number of unbranched alkanes of at least 4 members (excludes halogenated alkanes) is 1. The van der Waals surface area contributed by atoms with Gasteiger partial charge in [0.15, 0.2) is 0 Å². The van der Waals surface area contributed by atoms with Gasteiger partial charge in [-0.3, -0.25) is 14.4 Å². The minimum atomic E-state index is -0.951. The zero-order chi connectivity index (χ0) is 28.1. The summed E-state index contributed by atoms with van der Waals surface area (Å²) in [7, 11) is 0. The topological polar surface area (TPSA) is 77.9 Å². The van der Waals surface area contributed by atoms with Crippen LogP contribution in [0.5, 0.6) is 0 Å². The standard InChI is InChI=1S/C31H28Cl2N2O4.Na.H/c1-3-6-21-8-17-27-26(19-21)30(38)35(20(2)22-9-13-24(32)14-10-22)29(23-11-15-25(33)16-12-23)31(39)34(27)18-5-4-7-28(36)37;;/h8-17,19-20,29H,4-5,7,18H2,1-2H3,(H,36,37);;/t20-,29?;;/m1../s1. The molecule has 0 aliphatic carbocycles. The molecule has 0 saturated heterocycles. The second kappa shape index (κ2) is 14.2. The number of hydrogen-bond acceptors (Lipinski definition) is 3. The first-order chi connectivity index (χ1) is 18.7. The number of halogens is 2. The van der Waals surface area contributed by atoms with Gasteiger partial charge < -0.3 is 14.9 Å². The molecule has 3 aromatic carbocycles. The summed E-state index contributed by atoms with van der Waals surface area (Å²) in [4.78, 5) is 43.1. The van der Waals surface area contributed by atoms with Crippen LogP contribution in [0.3, 0.4) is 0 Å². The summed E-state index contributed by atoms with van der Waals surface area (Å²) >= 11 is 12.3. The predicted molar refractivity (Wildman–Crippen MR) is 160 cm³/mol. The fraction of sp³-hybridized carbons (Fsp3) is 0.258. The van der Waals surface area contributed by atoms with Gasteiger partial charge in [-0.05, 0) is 80.3 Å². The van der Waals surface area contributed by atoms with Crippen molar-refractivity contribution in [1.29, 1.82) is 0 Å². The summed E-state index contributed by atoms with van der Waals surface area (Å²) in [5.74, 6) is 4.38. The van der Waals surface area contributed by atoms with Crippen molar-refractivity contribution in [2.45, 2.75) is 45.2 Å². The van der Waals surface area contributed by atoms with Gasteiger partial charge >= 0.3 is 35.5 Å². The van der Waals surface area contributed by atoms with Crippen LogP contribution in [0, 0.1) is 11.8 Å². The van der Waals surface area contributed by atoms with Crippen LogP contribution in [0.15, 0.2) is 66.7 Å². The maximum atomic E-state index is 14.4. The van der Waals surface area contributed by atoms with Crippen molar-refractivity contribution in [2.24, 2.45) is 0 Å². The first kappa shape index (κ1) is 31.7. The molecule has 0 aromatic heterocycles. The van der Waals surface area contributed by atoms with Crippen LogP contribution in [0.25, 0.3) is 0 Å². The van der Waals surface area contributed by atoms with E-state index in [0.717, 1.165) is 5.56 Å². The van der Waals surface area contributed by atoms with E-state index in [-0.39, 0.29) is 54.3 Å². The van der Waals surface area contributed by atoms with E-state index in [1.54, 1.807) is 71.3 Å². The van der Waals surface area contributed by atoms with E-state index in [0.29, 0.717) is 45.3 Å². The number of carbonyl (C=O) groups is 3. The second-order valence-corrected chi connectivity index (χ2v) is 10.2. The molecule has 2 amide bonds. The maximum absolute atomic E-state index is 14.4. The molecule has 9 heteroatoms. The summed E-state index contributed by atoms with van der Waals surface area (Å²) in [5.41, 5.74) is 2.94. The molecule has 0 radical (unpaired) electrons. The number of carbonyl (C=O) groups excluding carboxylic acids is 2. The van der Waals surface area contributed by atoms with Crippen molar-refractivity contribution in [2.75, 3.05) is 11.4 Å². The van der Waals surface area contributed by atoms with Gasteiger partial charge in [0.1, 0.15) is 6.04 Å². The van der Waals surface area contributed by atoms with Crippen LogP contribution >= 0.6 is 23.2 Å². The molecule has 0 fully saturated rings. The molecule has 40 heavy (non-hydrogen) atoms. The van der Waals surface area contributed by atoms with E-state index in [1.807, 2.05) is 19.1 Å². The quantitative estimate of drug-likeness (QED) is 0.192. The summed E-state index contributed by atoms with van der Waals surface area (Å²) in [6, 6.07) is 17.9. The summed E-state index contributed by atoms with van der Waals surface area (Å²) in [5, 5.41) is 10.2. The van der Waals surface area contributed by atoms with E-state index in [1.165, 1.54) is 0 Å². The fourth-order valence-electron chi connectivity index (χ4n) is 4.83. The van der Waals surface area contributed by atoms with Crippen LogP contribution in [0.2, 0.25) is 10.0 Å². The Kier molecular flexibility index (Phi) is 11.3. The van der Waals surface area contributed by atoms with Crippen molar-refractivity contribution in [3.05, 3.63) is 99.0 Å². The molecule has 4 rings (SSSR count). The predicted octanol–water partition coefficient (Wildman–Crippen LogP) is 6.26. The Hall–Kier alpha value is -2.79. The van der Waals surface area contributed by atoms with E-state index in [9.17, 15) is 14.4 Å². The Morgan fingerprint density at radius 2 is 1.60 bits per heavy atom. The number of rotatable bonds is 8. The average molecular weight is 587 g/mol. The molecular formula is C31H29Cl2N2NaO4. The van der Waals surface area contributed by atoms with Crippen molar-refractivity contribution in [1.82, 2.24) is 4.90 Å². The number of carboxylic acids is 1. The molecule has 3 aromatic rings. The zero-order valence-electron chi connectivity index (χ0n) is 21.7. The Morgan fingerprint density at radius 3 is 2.20 bits per heavy atom. The van der Waals surface area contributed by atoms with Crippen molar-refractivity contribution >= 4 is 76.2 Å². The first-order valence-corrected chi connectivity index (χ1v) is 13.4. The monoisotopic (exact) mass is 586 g/mol. The van der Waals surface area contributed by atoms with Gasteiger partial charge in [-0.25, -0.2) is 0 Å². The van der Waals surface area contributed by atoms with Gasteiger partial charge in [-0.15, -0.1) is 5.92 Å². The number of fused-ring (bicyclic) bond motifs is 1. The molecule has 1 aliphatic heterocycles. The summed E-state index contributed by atoms with van der Waals surface area (Å²) in [6.45, 7) is 3.87. The van der Waals surface area contributed by atoms with Gasteiger partial charge in [0.25, 0.3) is 11.8 Å². The number of nitrogens with zero attached hydrogens (tertiary/aromatic N) is 2. The molecule has 6 nitrogen and oxygen atoms in total. The number of hydrogen-bond donors (Lipinski definition) is 1. The van der Waals surface area contributed by atoms with E-state index < -0.39 is 18.1 Å². The molecule has 0 spiro atoms. The Labute approximate surface area is 266 Å². The zero-order valence-corrected chi connectivity index (χ0v) is 23.2. The molecule has 1 heterocycles. The van der Waals surface area contributed by atoms with Gasteiger partial charge in [-0.2, -0.15) is 0 Å². The SMILES string of the molecule is CC#Cc1ccc2c(c1)C(=O)N([C@H](C)c1ccc(Cl)cc1)C(c1ccc(Cl)cc1)C(=O)N2CCCCC(=O)O.[NaH]. The van der Waals surface area contributed by atoms with Gasteiger partial charge in [0.05, 0.1) is 17.3 Å². The molecule has 1 aliphatic rings. The molecular weight excluding hydrogens is 558 g/mol. The van der Waals surface area contributed by atoms with Crippen LogP contribution in [-0.2, 0) is 9.59 Å². The molecule has 2 atom stereocenters. The van der Waals surface area contributed by atoms with Crippen LogP contribution in [0.4, 0.5) is 5.69 Å². The van der Waals surface area contributed by atoms with E-state index >= 15 is 0 Å². The van der Waals surface area contributed by atoms with Gasteiger partial charge in [-0.1, -0.05) is 53.4 Å². The van der Waals surface area contributed by atoms with Crippen LogP contribution < -0.4 is 4.90 Å². The molecule has 0 bridgehead atoms. The van der Waals surface area contributed by atoms with Crippen LogP contribution in [0.1, 0.15) is 72.2 Å². The Morgan fingerprint density at radius 1 is 0.975 bits per heavy atom. The number of benzene rings is 3. The fourth-order valence-corrected chi connectivity index (χ4v) is 5.08. The third-order valence-corrected chi connectivity index (χ3v) is 7.28. The normalized spacial score (nSPS) is 15.3. The molecule has 1 unspecified atom stereocenters. The molecule has 202 valence electrons. The third kappa shape index (κ3) is 7.09.